The number of hydrogen-bond donors (Lipinski definition) is 3. The average molecular weight is 807 g/mol. The third kappa shape index (κ3) is 9.68. The van der Waals surface area contributed by atoms with E-state index in [1.54, 1.807) is 24.3 Å². The van der Waals surface area contributed by atoms with Gasteiger partial charge in [0.25, 0.3) is 0 Å². The first kappa shape index (κ1) is 39.9. The zero-order valence-electron chi connectivity index (χ0n) is 32.6. The van der Waals surface area contributed by atoms with Gasteiger partial charge in [0.05, 0.1) is 47.6 Å². The number of carbonyl (C=O) groups is 1. The van der Waals surface area contributed by atoms with E-state index in [0.717, 1.165) is 55.5 Å². The number of aliphatic hydroxyl groups is 1. The standard InChI is InChI=1S/C48H46N4O6S/c1-33-14-24-42(25-15-33)59(55,56)51-44(27-34-8-3-2-4-9-34)47(54)49-29-36-10-7-11-40(26-36)37-20-22-39(23-21-37)48-57-41(30-52-32-50-43-12-5-6-13-45(43)52)28-46(58-48)38-18-16-35(31-53)17-19-38/h2-26,32,41,44,46,48,51,53H,27-31H2,1H3,(H,49,54). The fraction of sp³-hybridized carbons (Fsp3) is 0.208. The van der Waals surface area contributed by atoms with Gasteiger partial charge in [0.1, 0.15) is 6.04 Å². The van der Waals surface area contributed by atoms with Gasteiger partial charge in [0.15, 0.2) is 6.29 Å². The Hall–Kier alpha value is -5.95. The van der Waals surface area contributed by atoms with Crippen LogP contribution in [0.2, 0.25) is 0 Å². The van der Waals surface area contributed by atoms with Crippen LogP contribution in [0.1, 0.15) is 52.2 Å². The highest BCUT2D eigenvalue weighted by molar-refractivity contribution is 7.89. The van der Waals surface area contributed by atoms with E-state index in [2.05, 4.69) is 25.7 Å². The summed E-state index contributed by atoms with van der Waals surface area (Å²) in [5.41, 5.74) is 9.30. The van der Waals surface area contributed by atoms with E-state index in [1.165, 1.54) is 0 Å². The minimum absolute atomic E-state index is 0.0220. The number of amides is 1. The molecule has 1 fully saturated rings. The Labute approximate surface area is 344 Å². The van der Waals surface area contributed by atoms with Crippen LogP contribution in [-0.2, 0) is 50.4 Å². The van der Waals surface area contributed by atoms with Crippen molar-refractivity contribution < 1.29 is 27.8 Å². The Morgan fingerprint density at radius 1 is 0.780 bits per heavy atom. The molecule has 0 bridgehead atoms. The first-order chi connectivity index (χ1) is 28.7. The number of carbonyl (C=O) groups excluding carboxylic acids is 1. The predicted octanol–water partition coefficient (Wildman–Crippen LogP) is 7.96. The number of aryl methyl sites for hydroxylation is 1. The lowest BCUT2D eigenvalue weighted by atomic mass is 9.99. The van der Waals surface area contributed by atoms with Gasteiger partial charge >= 0.3 is 0 Å². The molecule has 1 aromatic heterocycles. The van der Waals surface area contributed by atoms with Crippen LogP contribution >= 0.6 is 0 Å². The maximum Gasteiger partial charge on any atom is 0.241 e. The first-order valence-corrected chi connectivity index (χ1v) is 21.2. The van der Waals surface area contributed by atoms with Crippen molar-refractivity contribution in [3.63, 3.8) is 0 Å². The van der Waals surface area contributed by atoms with Gasteiger partial charge in [-0.2, -0.15) is 4.72 Å². The van der Waals surface area contributed by atoms with E-state index < -0.39 is 28.3 Å². The molecule has 2 heterocycles. The molecule has 4 atom stereocenters. The number of benzene rings is 6. The summed E-state index contributed by atoms with van der Waals surface area (Å²) in [6, 6.07) is 46.8. The second-order valence-electron chi connectivity index (χ2n) is 15.0. The molecule has 10 nitrogen and oxygen atoms in total. The number of sulfonamides is 1. The van der Waals surface area contributed by atoms with Crippen molar-refractivity contribution in [2.24, 2.45) is 0 Å². The number of aliphatic hydroxyl groups excluding tert-OH is 1. The lowest BCUT2D eigenvalue weighted by Crippen LogP contribution is -2.47. The van der Waals surface area contributed by atoms with Crippen molar-refractivity contribution in [3.05, 3.63) is 191 Å². The lowest BCUT2D eigenvalue weighted by Gasteiger charge is -2.36. The van der Waals surface area contributed by atoms with E-state index in [1.807, 2.05) is 135 Å². The molecule has 1 aliphatic rings. The summed E-state index contributed by atoms with van der Waals surface area (Å²) >= 11 is 0. The SMILES string of the molecule is Cc1ccc(S(=O)(=O)NC(Cc2ccccc2)C(=O)NCc2cccc(-c3ccc(C4OC(Cn5cnc6ccccc65)CC(c5ccc(CO)cc5)O4)cc3)c2)cc1. The number of para-hydroxylation sites is 2. The van der Waals surface area contributed by atoms with Gasteiger partial charge in [-0.15, -0.1) is 0 Å². The van der Waals surface area contributed by atoms with Gasteiger partial charge in [0, 0.05) is 18.5 Å². The predicted molar refractivity (Wildman–Crippen MR) is 227 cm³/mol. The summed E-state index contributed by atoms with van der Waals surface area (Å²) in [5, 5.41) is 12.6. The maximum absolute atomic E-state index is 13.7. The van der Waals surface area contributed by atoms with Crippen LogP contribution in [-0.4, -0.2) is 41.1 Å². The summed E-state index contributed by atoms with van der Waals surface area (Å²) in [6.07, 6.45) is 1.69. The monoisotopic (exact) mass is 806 g/mol. The Bertz CT molecular complexity index is 2610. The van der Waals surface area contributed by atoms with Gasteiger partial charge in [-0.1, -0.05) is 127 Å². The second kappa shape index (κ2) is 17.9. The van der Waals surface area contributed by atoms with Crippen LogP contribution < -0.4 is 10.0 Å². The molecule has 0 spiro atoms. The molecule has 0 saturated carbocycles. The van der Waals surface area contributed by atoms with E-state index in [-0.39, 0.29) is 36.7 Å². The van der Waals surface area contributed by atoms with Crippen LogP contribution in [0.15, 0.2) is 163 Å². The fourth-order valence-electron chi connectivity index (χ4n) is 7.42. The van der Waals surface area contributed by atoms with Crippen LogP contribution in [0.4, 0.5) is 0 Å². The molecule has 0 aliphatic carbocycles. The number of ether oxygens (including phenoxy) is 2. The maximum atomic E-state index is 13.7. The molecule has 59 heavy (non-hydrogen) atoms. The molecule has 0 radical (unpaired) electrons. The van der Waals surface area contributed by atoms with Gasteiger partial charge in [-0.25, -0.2) is 13.4 Å². The second-order valence-corrected chi connectivity index (χ2v) is 16.7. The van der Waals surface area contributed by atoms with Crippen molar-refractivity contribution in [1.29, 1.82) is 0 Å². The van der Waals surface area contributed by atoms with E-state index in [4.69, 9.17) is 9.47 Å². The Morgan fingerprint density at radius 2 is 1.49 bits per heavy atom. The molecule has 1 amide bonds. The molecule has 11 heteroatoms. The van der Waals surface area contributed by atoms with Crippen LogP contribution in [0.3, 0.4) is 0 Å². The van der Waals surface area contributed by atoms with Gasteiger partial charge < -0.3 is 24.5 Å². The summed E-state index contributed by atoms with van der Waals surface area (Å²) in [5.74, 6) is -0.422. The number of nitrogens with one attached hydrogen (secondary N) is 2. The molecule has 1 aliphatic heterocycles. The highest BCUT2D eigenvalue weighted by Gasteiger charge is 2.33. The molecule has 1 saturated heterocycles. The van der Waals surface area contributed by atoms with Gasteiger partial charge in [-0.05, 0) is 77.1 Å². The van der Waals surface area contributed by atoms with E-state index in [9.17, 15) is 18.3 Å². The molecule has 3 N–H and O–H groups in total. The fourth-order valence-corrected chi connectivity index (χ4v) is 8.62. The Balaban J connectivity index is 0.966. The normalized spacial score (nSPS) is 17.4. The number of nitrogens with zero attached hydrogens (tertiary/aromatic N) is 2. The summed E-state index contributed by atoms with van der Waals surface area (Å²) in [7, 11) is -3.96. The van der Waals surface area contributed by atoms with Crippen LogP contribution in [0.25, 0.3) is 22.2 Å². The number of imidazole rings is 1. The van der Waals surface area contributed by atoms with Crippen molar-refractivity contribution in [1.82, 2.24) is 19.6 Å². The number of hydrogen-bond acceptors (Lipinski definition) is 7. The Kier molecular flexibility index (Phi) is 12.1. The number of fused-ring (bicyclic) bond motifs is 1. The van der Waals surface area contributed by atoms with Crippen molar-refractivity contribution in [2.75, 3.05) is 0 Å². The van der Waals surface area contributed by atoms with Crippen molar-refractivity contribution in [2.45, 2.75) is 68.9 Å². The molecule has 4 unspecified atom stereocenters. The molecular formula is C48H46N4O6S. The number of aromatic nitrogens is 2. The topological polar surface area (TPSA) is 132 Å². The van der Waals surface area contributed by atoms with Crippen molar-refractivity contribution >= 4 is 27.0 Å². The highest BCUT2D eigenvalue weighted by Crippen LogP contribution is 2.39. The summed E-state index contributed by atoms with van der Waals surface area (Å²) in [4.78, 5) is 18.3. The molecule has 8 rings (SSSR count). The van der Waals surface area contributed by atoms with Gasteiger partial charge in [0.2, 0.25) is 15.9 Å². The molecule has 7 aromatic rings. The summed E-state index contributed by atoms with van der Waals surface area (Å²) < 4.78 is 44.7. The van der Waals surface area contributed by atoms with Gasteiger partial charge in [-0.3, -0.25) is 4.79 Å². The Morgan fingerprint density at radius 3 is 2.25 bits per heavy atom. The summed E-state index contributed by atoms with van der Waals surface area (Å²) in [6.45, 7) is 2.68. The smallest absolute Gasteiger partial charge is 0.241 e. The third-order valence-corrected chi connectivity index (χ3v) is 12.2. The molecule has 300 valence electrons. The minimum Gasteiger partial charge on any atom is -0.392 e. The van der Waals surface area contributed by atoms with Crippen molar-refractivity contribution in [3.8, 4) is 11.1 Å². The number of rotatable bonds is 14. The van der Waals surface area contributed by atoms with E-state index >= 15 is 0 Å². The quantitative estimate of drug-likeness (QED) is 0.102. The third-order valence-electron chi connectivity index (χ3n) is 10.7. The first-order valence-electron chi connectivity index (χ1n) is 19.7. The van der Waals surface area contributed by atoms with E-state index in [0.29, 0.717) is 13.0 Å². The van der Waals surface area contributed by atoms with Crippen LogP contribution in [0.5, 0.6) is 0 Å². The largest absolute Gasteiger partial charge is 0.392 e. The minimum atomic E-state index is -3.96. The lowest BCUT2D eigenvalue weighted by molar-refractivity contribution is -0.252. The zero-order chi connectivity index (χ0) is 40.8. The highest BCUT2D eigenvalue weighted by atomic mass is 32.2. The zero-order valence-corrected chi connectivity index (χ0v) is 33.5. The van der Waals surface area contributed by atoms with Crippen LogP contribution in [0, 0.1) is 6.92 Å². The molecule has 6 aromatic carbocycles. The average Bonchev–Trinajstić information content (AvgIpc) is 3.68. The molecular weight excluding hydrogens is 761 g/mol.